The van der Waals surface area contributed by atoms with E-state index in [2.05, 4.69) is 10.6 Å². The van der Waals surface area contributed by atoms with Gasteiger partial charge in [0.15, 0.2) is 0 Å². The highest BCUT2D eigenvalue weighted by atomic mass is 16.5. The highest BCUT2D eigenvalue weighted by molar-refractivity contribution is 6.10. The Balaban J connectivity index is 1.79. The number of benzene rings is 2. The minimum absolute atomic E-state index is 0.0698. The fraction of sp³-hybridized carbons (Fsp3) is 0.130. The highest BCUT2D eigenvalue weighted by Gasteiger charge is 2.16. The summed E-state index contributed by atoms with van der Waals surface area (Å²) in [6, 6.07) is 17.5. The molecule has 0 saturated heterocycles. The van der Waals surface area contributed by atoms with Gasteiger partial charge in [0.25, 0.3) is 11.8 Å². The van der Waals surface area contributed by atoms with Crippen LogP contribution < -0.4 is 15.4 Å². The van der Waals surface area contributed by atoms with Crippen LogP contribution in [-0.4, -0.2) is 18.4 Å². The number of furan rings is 1. The van der Waals surface area contributed by atoms with Crippen molar-refractivity contribution in [1.29, 1.82) is 0 Å². The molecule has 0 saturated carbocycles. The zero-order valence-corrected chi connectivity index (χ0v) is 16.3. The van der Waals surface area contributed by atoms with E-state index in [9.17, 15) is 9.59 Å². The van der Waals surface area contributed by atoms with Gasteiger partial charge in [0.05, 0.1) is 12.9 Å². The molecule has 0 spiro atoms. The first-order chi connectivity index (χ1) is 14.0. The second-order valence-electron chi connectivity index (χ2n) is 6.31. The minimum Gasteiger partial charge on any atom is -0.494 e. The van der Waals surface area contributed by atoms with Crippen molar-refractivity contribution in [2.45, 2.75) is 13.8 Å². The molecule has 0 atom stereocenters. The predicted octanol–water partition coefficient (Wildman–Crippen LogP) is 4.40. The van der Waals surface area contributed by atoms with E-state index in [1.807, 2.05) is 19.9 Å². The third kappa shape index (κ3) is 5.59. The number of aryl methyl sites for hydroxylation is 1. The van der Waals surface area contributed by atoms with Crippen LogP contribution in [0.1, 0.15) is 28.6 Å². The molecule has 29 heavy (non-hydrogen) atoms. The number of ether oxygens (including phenoxy) is 1. The van der Waals surface area contributed by atoms with Gasteiger partial charge < -0.3 is 19.8 Å². The maximum atomic E-state index is 12.8. The number of amides is 2. The maximum absolute atomic E-state index is 12.8. The Hall–Kier alpha value is -3.80. The normalized spacial score (nSPS) is 11.0. The van der Waals surface area contributed by atoms with Crippen LogP contribution in [0, 0.1) is 6.92 Å². The van der Waals surface area contributed by atoms with Gasteiger partial charge in [0, 0.05) is 17.3 Å². The summed E-state index contributed by atoms with van der Waals surface area (Å²) in [5.74, 6) is 0.316. The molecule has 2 N–H and O–H groups in total. The Kier molecular flexibility index (Phi) is 6.47. The van der Waals surface area contributed by atoms with Crippen LogP contribution in [0.5, 0.6) is 5.75 Å². The Morgan fingerprint density at radius 1 is 1.07 bits per heavy atom. The molecule has 0 aliphatic heterocycles. The lowest BCUT2D eigenvalue weighted by Gasteiger charge is -2.11. The first kappa shape index (κ1) is 19.9. The standard InChI is InChI=1S/C23H22N2O4/c1-3-28-19-11-9-18(10-12-19)24-23(27)21(15-20-8-5-13-29-20)25-22(26)17-7-4-6-16(2)14-17/h4-15H,3H2,1-2H3,(H,24,27)(H,25,26)/b21-15-. The topological polar surface area (TPSA) is 80.6 Å². The van der Waals surface area contributed by atoms with Crippen LogP contribution >= 0.6 is 0 Å². The van der Waals surface area contributed by atoms with E-state index in [0.717, 1.165) is 5.56 Å². The molecule has 0 fully saturated rings. The molecule has 2 aromatic carbocycles. The largest absolute Gasteiger partial charge is 0.494 e. The second-order valence-corrected chi connectivity index (χ2v) is 6.31. The first-order valence-electron chi connectivity index (χ1n) is 9.22. The zero-order chi connectivity index (χ0) is 20.6. The smallest absolute Gasteiger partial charge is 0.272 e. The lowest BCUT2D eigenvalue weighted by molar-refractivity contribution is -0.113. The van der Waals surface area contributed by atoms with Gasteiger partial charge in [-0.05, 0) is 62.4 Å². The molecule has 6 heteroatoms. The van der Waals surface area contributed by atoms with Gasteiger partial charge in [0.2, 0.25) is 0 Å². The summed E-state index contributed by atoms with van der Waals surface area (Å²) in [6.45, 7) is 4.36. The summed E-state index contributed by atoms with van der Waals surface area (Å²) in [4.78, 5) is 25.4. The van der Waals surface area contributed by atoms with E-state index in [4.69, 9.17) is 9.15 Å². The third-order valence-corrected chi connectivity index (χ3v) is 4.03. The van der Waals surface area contributed by atoms with Gasteiger partial charge in [-0.2, -0.15) is 0 Å². The van der Waals surface area contributed by atoms with Crippen molar-refractivity contribution in [3.8, 4) is 5.75 Å². The molecule has 148 valence electrons. The number of anilines is 1. The van der Waals surface area contributed by atoms with Crippen molar-refractivity contribution in [1.82, 2.24) is 5.32 Å². The van der Waals surface area contributed by atoms with Gasteiger partial charge >= 0.3 is 0 Å². The molecule has 0 aliphatic rings. The Bertz CT molecular complexity index is 1010. The van der Waals surface area contributed by atoms with Gasteiger partial charge in [-0.1, -0.05) is 17.7 Å². The number of rotatable bonds is 7. The van der Waals surface area contributed by atoms with Crippen LogP contribution in [0.4, 0.5) is 5.69 Å². The molecule has 0 aliphatic carbocycles. The van der Waals surface area contributed by atoms with Gasteiger partial charge in [-0.25, -0.2) is 0 Å². The third-order valence-electron chi connectivity index (χ3n) is 4.03. The van der Waals surface area contributed by atoms with E-state index < -0.39 is 5.91 Å². The molecule has 1 aromatic heterocycles. The monoisotopic (exact) mass is 390 g/mol. The van der Waals surface area contributed by atoms with E-state index >= 15 is 0 Å². The molecule has 3 aromatic rings. The SMILES string of the molecule is CCOc1ccc(NC(=O)/C(=C/c2ccco2)NC(=O)c2cccc(C)c2)cc1. The van der Waals surface area contributed by atoms with E-state index in [-0.39, 0.29) is 11.6 Å². The van der Waals surface area contributed by atoms with Crippen molar-refractivity contribution < 1.29 is 18.7 Å². The Morgan fingerprint density at radius 2 is 1.86 bits per heavy atom. The van der Waals surface area contributed by atoms with Crippen LogP contribution in [0.2, 0.25) is 0 Å². The molecule has 6 nitrogen and oxygen atoms in total. The summed E-state index contributed by atoms with van der Waals surface area (Å²) in [7, 11) is 0. The highest BCUT2D eigenvalue weighted by Crippen LogP contribution is 2.17. The fourth-order valence-corrected chi connectivity index (χ4v) is 2.65. The quantitative estimate of drug-likeness (QED) is 0.586. The van der Waals surface area contributed by atoms with Crippen molar-refractivity contribution in [2.24, 2.45) is 0 Å². The molecular formula is C23H22N2O4. The molecule has 0 unspecified atom stereocenters. The van der Waals surface area contributed by atoms with Crippen molar-refractivity contribution in [3.05, 3.63) is 89.5 Å². The summed E-state index contributed by atoms with van der Waals surface area (Å²) in [5.41, 5.74) is 2.06. The van der Waals surface area contributed by atoms with Crippen LogP contribution in [0.3, 0.4) is 0 Å². The average Bonchev–Trinajstić information content (AvgIpc) is 3.22. The summed E-state index contributed by atoms with van der Waals surface area (Å²) in [5, 5.41) is 5.45. The number of hydrogen-bond donors (Lipinski definition) is 2. The van der Waals surface area contributed by atoms with Crippen LogP contribution in [0.25, 0.3) is 6.08 Å². The summed E-state index contributed by atoms with van der Waals surface area (Å²) >= 11 is 0. The predicted molar refractivity (Wildman–Crippen MR) is 112 cm³/mol. The second kappa shape index (κ2) is 9.41. The molecular weight excluding hydrogens is 368 g/mol. The van der Waals surface area contributed by atoms with Crippen molar-refractivity contribution >= 4 is 23.6 Å². The molecule has 0 radical (unpaired) electrons. The molecule has 1 heterocycles. The number of hydrogen-bond acceptors (Lipinski definition) is 4. The Labute approximate surface area is 169 Å². The van der Waals surface area contributed by atoms with E-state index in [1.54, 1.807) is 54.6 Å². The molecule has 0 bridgehead atoms. The molecule has 2 amide bonds. The van der Waals surface area contributed by atoms with Crippen molar-refractivity contribution in [3.63, 3.8) is 0 Å². The van der Waals surface area contributed by atoms with E-state index in [1.165, 1.54) is 12.3 Å². The summed E-state index contributed by atoms with van der Waals surface area (Å²) < 4.78 is 10.7. The minimum atomic E-state index is -0.466. The van der Waals surface area contributed by atoms with Crippen LogP contribution in [0.15, 0.2) is 77.0 Å². The number of carbonyl (C=O) groups is 2. The van der Waals surface area contributed by atoms with Gasteiger partial charge in [-0.15, -0.1) is 0 Å². The summed E-state index contributed by atoms with van der Waals surface area (Å²) in [6.07, 6.45) is 2.98. The average molecular weight is 390 g/mol. The van der Waals surface area contributed by atoms with Gasteiger partial charge in [-0.3, -0.25) is 9.59 Å². The van der Waals surface area contributed by atoms with Gasteiger partial charge in [0.1, 0.15) is 17.2 Å². The number of carbonyl (C=O) groups excluding carboxylic acids is 2. The van der Waals surface area contributed by atoms with Crippen LogP contribution in [-0.2, 0) is 4.79 Å². The lowest BCUT2D eigenvalue weighted by atomic mass is 10.1. The fourth-order valence-electron chi connectivity index (χ4n) is 2.65. The maximum Gasteiger partial charge on any atom is 0.272 e. The first-order valence-corrected chi connectivity index (χ1v) is 9.22. The van der Waals surface area contributed by atoms with E-state index in [0.29, 0.717) is 29.4 Å². The Morgan fingerprint density at radius 3 is 2.52 bits per heavy atom. The van der Waals surface area contributed by atoms with Crippen molar-refractivity contribution in [2.75, 3.05) is 11.9 Å². The lowest BCUT2D eigenvalue weighted by Crippen LogP contribution is -2.30. The number of nitrogens with one attached hydrogen (secondary N) is 2. The zero-order valence-electron chi connectivity index (χ0n) is 16.3. The molecule has 3 rings (SSSR count).